The van der Waals surface area contributed by atoms with E-state index in [2.05, 4.69) is 41.2 Å². The Bertz CT molecular complexity index is 623. The van der Waals surface area contributed by atoms with E-state index in [1.54, 1.807) is 0 Å². The first kappa shape index (κ1) is 16.1. The van der Waals surface area contributed by atoms with Crippen LogP contribution in [0, 0.1) is 0 Å². The van der Waals surface area contributed by atoms with E-state index in [-0.39, 0.29) is 0 Å². The first-order chi connectivity index (χ1) is 11.3. The molecule has 1 aromatic heterocycles. The average Bonchev–Trinajstić information content (AvgIpc) is 3.19. The highest BCUT2D eigenvalue weighted by atomic mass is 16.5. The summed E-state index contributed by atoms with van der Waals surface area (Å²) in [4.78, 5) is 2.49. The van der Waals surface area contributed by atoms with Crippen LogP contribution in [0.25, 0.3) is 0 Å². The van der Waals surface area contributed by atoms with Crippen LogP contribution in [0.3, 0.4) is 0 Å². The van der Waals surface area contributed by atoms with Crippen LogP contribution in [0.1, 0.15) is 56.2 Å². The maximum absolute atomic E-state index is 5.76. The molecule has 0 radical (unpaired) electrons. The number of para-hydroxylation sites is 1. The number of aryl methyl sites for hydroxylation is 1. The molecule has 0 N–H and O–H groups in total. The van der Waals surface area contributed by atoms with Crippen LogP contribution in [-0.2, 0) is 13.0 Å². The van der Waals surface area contributed by atoms with Crippen LogP contribution >= 0.6 is 0 Å². The maximum Gasteiger partial charge on any atom is 0.137 e. The van der Waals surface area contributed by atoms with Crippen LogP contribution in [0.5, 0.6) is 5.75 Å². The number of aromatic nitrogens is 1. The van der Waals surface area contributed by atoms with Crippen molar-refractivity contribution < 1.29 is 9.26 Å². The van der Waals surface area contributed by atoms with E-state index in [0.717, 1.165) is 49.6 Å². The van der Waals surface area contributed by atoms with Gasteiger partial charge in [0.15, 0.2) is 0 Å². The molecule has 1 aliphatic rings. The summed E-state index contributed by atoms with van der Waals surface area (Å²) in [5, 5.41) is 4.32. The zero-order valence-corrected chi connectivity index (χ0v) is 14.1. The fourth-order valence-electron chi connectivity index (χ4n) is 3.35. The molecule has 1 unspecified atom stereocenters. The lowest BCUT2D eigenvalue weighted by atomic mass is 10.1. The van der Waals surface area contributed by atoms with E-state index in [9.17, 15) is 0 Å². The topological polar surface area (TPSA) is 38.5 Å². The molecule has 0 amide bonds. The fourth-order valence-corrected chi connectivity index (χ4v) is 3.35. The maximum atomic E-state index is 5.76. The Kier molecular flexibility index (Phi) is 5.34. The quantitative estimate of drug-likeness (QED) is 0.761. The van der Waals surface area contributed by atoms with Crippen LogP contribution in [0.2, 0.25) is 0 Å². The molecule has 23 heavy (non-hydrogen) atoms. The van der Waals surface area contributed by atoms with E-state index < -0.39 is 0 Å². The molecule has 4 heteroatoms. The first-order valence-corrected chi connectivity index (χ1v) is 8.72. The van der Waals surface area contributed by atoms with Crippen molar-refractivity contribution in [2.24, 2.45) is 0 Å². The van der Waals surface area contributed by atoms with Gasteiger partial charge in [-0.2, -0.15) is 0 Å². The summed E-state index contributed by atoms with van der Waals surface area (Å²) < 4.78 is 11.2. The van der Waals surface area contributed by atoms with Gasteiger partial charge in [-0.3, -0.25) is 4.90 Å². The summed E-state index contributed by atoms with van der Waals surface area (Å²) >= 11 is 0. The lowest BCUT2D eigenvalue weighted by Gasteiger charge is -2.23. The van der Waals surface area contributed by atoms with Crippen molar-refractivity contribution >= 4 is 0 Å². The van der Waals surface area contributed by atoms with Gasteiger partial charge in [-0.15, -0.1) is 0 Å². The third kappa shape index (κ3) is 3.75. The van der Waals surface area contributed by atoms with Crippen molar-refractivity contribution in [1.82, 2.24) is 10.1 Å². The molecule has 2 heterocycles. The zero-order valence-electron chi connectivity index (χ0n) is 14.1. The second-order valence-corrected chi connectivity index (χ2v) is 6.14. The number of hydrogen-bond acceptors (Lipinski definition) is 4. The third-order valence-corrected chi connectivity index (χ3v) is 4.42. The molecular weight excluding hydrogens is 288 g/mol. The minimum absolute atomic E-state index is 0.360. The molecule has 1 fully saturated rings. The minimum atomic E-state index is 0.360. The van der Waals surface area contributed by atoms with E-state index in [1.807, 2.05) is 13.0 Å². The number of ether oxygens (including phenoxy) is 1. The molecule has 1 atom stereocenters. The van der Waals surface area contributed by atoms with Gasteiger partial charge in [-0.25, -0.2) is 0 Å². The smallest absolute Gasteiger partial charge is 0.137 e. The Morgan fingerprint density at radius 2 is 2.17 bits per heavy atom. The molecule has 0 saturated carbocycles. The second-order valence-electron chi connectivity index (χ2n) is 6.14. The highest BCUT2D eigenvalue weighted by molar-refractivity contribution is 5.33. The van der Waals surface area contributed by atoms with E-state index >= 15 is 0 Å². The third-order valence-electron chi connectivity index (χ3n) is 4.42. The molecule has 4 nitrogen and oxygen atoms in total. The minimum Gasteiger partial charge on any atom is -0.494 e. The van der Waals surface area contributed by atoms with Crippen molar-refractivity contribution in [2.75, 3.05) is 13.2 Å². The highest BCUT2D eigenvalue weighted by Crippen LogP contribution is 2.34. The molecule has 1 aliphatic heterocycles. The van der Waals surface area contributed by atoms with Gasteiger partial charge in [-0.05, 0) is 38.8 Å². The van der Waals surface area contributed by atoms with Crippen molar-refractivity contribution in [1.29, 1.82) is 0 Å². The van der Waals surface area contributed by atoms with E-state index in [1.165, 1.54) is 12.0 Å². The van der Waals surface area contributed by atoms with Crippen molar-refractivity contribution in [3.8, 4) is 5.75 Å². The lowest BCUT2D eigenvalue weighted by Crippen LogP contribution is -2.23. The van der Waals surface area contributed by atoms with Crippen molar-refractivity contribution in [3.63, 3.8) is 0 Å². The summed E-state index contributed by atoms with van der Waals surface area (Å²) in [5.41, 5.74) is 2.33. The Balaban J connectivity index is 1.74. The Morgan fingerprint density at radius 3 is 3.00 bits per heavy atom. The van der Waals surface area contributed by atoms with Gasteiger partial charge in [-0.1, -0.05) is 30.3 Å². The lowest BCUT2D eigenvalue weighted by molar-refractivity contribution is 0.231. The number of hydrogen-bond donors (Lipinski definition) is 0. The fraction of sp³-hybridized carbons (Fsp3) is 0.526. The molecule has 1 saturated heterocycles. The predicted octanol–water partition coefficient (Wildman–Crippen LogP) is 4.36. The average molecular weight is 314 g/mol. The molecule has 0 bridgehead atoms. The van der Waals surface area contributed by atoms with Gasteiger partial charge in [0.25, 0.3) is 0 Å². The van der Waals surface area contributed by atoms with Crippen LogP contribution < -0.4 is 4.74 Å². The molecule has 2 aromatic rings. The molecule has 0 spiro atoms. The zero-order chi connectivity index (χ0) is 16.1. The van der Waals surface area contributed by atoms with Crippen LogP contribution in [0.4, 0.5) is 0 Å². The van der Waals surface area contributed by atoms with Gasteiger partial charge in [0.2, 0.25) is 0 Å². The molecule has 3 rings (SSSR count). The predicted molar refractivity (Wildman–Crippen MR) is 90.5 cm³/mol. The van der Waals surface area contributed by atoms with Gasteiger partial charge >= 0.3 is 0 Å². The van der Waals surface area contributed by atoms with Crippen LogP contribution in [0.15, 0.2) is 34.9 Å². The number of likely N-dealkylation sites (tertiary alicyclic amines) is 1. The molecular formula is C19H26N2O2. The van der Waals surface area contributed by atoms with Crippen molar-refractivity contribution in [2.45, 2.75) is 52.1 Å². The monoisotopic (exact) mass is 314 g/mol. The Labute approximate surface area is 138 Å². The summed E-state index contributed by atoms with van der Waals surface area (Å²) in [7, 11) is 0. The number of benzene rings is 1. The SMILES string of the molecule is CCCc1cc(C2CCCN2Cc2ccccc2OCC)no1. The van der Waals surface area contributed by atoms with Gasteiger partial charge in [0.1, 0.15) is 17.2 Å². The summed E-state index contributed by atoms with van der Waals surface area (Å²) in [6.45, 7) is 6.89. The van der Waals surface area contributed by atoms with E-state index in [0.29, 0.717) is 12.6 Å². The Morgan fingerprint density at radius 1 is 1.30 bits per heavy atom. The molecule has 0 aliphatic carbocycles. The number of nitrogens with zero attached hydrogens (tertiary/aromatic N) is 2. The van der Waals surface area contributed by atoms with E-state index in [4.69, 9.17) is 9.26 Å². The Hall–Kier alpha value is -1.81. The number of rotatable bonds is 7. The summed E-state index contributed by atoms with van der Waals surface area (Å²) in [5.74, 6) is 2.00. The van der Waals surface area contributed by atoms with Gasteiger partial charge in [0, 0.05) is 24.6 Å². The highest BCUT2D eigenvalue weighted by Gasteiger charge is 2.29. The molecule has 124 valence electrons. The van der Waals surface area contributed by atoms with Crippen LogP contribution in [-0.4, -0.2) is 23.2 Å². The standard InChI is InChI=1S/C19H26N2O2/c1-3-8-16-13-17(20-23-16)18-10-7-12-21(18)14-15-9-5-6-11-19(15)22-4-2/h5-6,9,11,13,18H,3-4,7-8,10,12,14H2,1-2H3. The second kappa shape index (κ2) is 7.64. The van der Waals surface area contributed by atoms with Crippen molar-refractivity contribution in [3.05, 3.63) is 47.3 Å². The summed E-state index contributed by atoms with van der Waals surface area (Å²) in [6, 6.07) is 10.8. The molecule has 1 aromatic carbocycles. The normalized spacial score (nSPS) is 18.4. The van der Waals surface area contributed by atoms with Gasteiger partial charge < -0.3 is 9.26 Å². The first-order valence-electron chi connectivity index (χ1n) is 8.72. The summed E-state index contributed by atoms with van der Waals surface area (Å²) in [6.07, 6.45) is 4.41. The largest absolute Gasteiger partial charge is 0.494 e. The van der Waals surface area contributed by atoms with Gasteiger partial charge in [0.05, 0.1) is 12.6 Å².